The third-order valence-corrected chi connectivity index (χ3v) is 6.13. The van der Waals surface area contributed by atoms with Gasteiger partial charge in [0.05, 0.1) is 12.0 Å². The SMILES string of the molecule is COc1ccc(NS(=O)(=O)c2ccc(-c3cc(C)[nH]n3)s2)cc1. The molecule has 0 amide bonds. The molecule has 8 heteroatoms. The van der Waals surface area contributed by atoms with Gasteiger partial charge in [-0.15, -0.1) is 11.3 Å². The van der Waals surface area contributed by atoms with Gasteiger partial charge in [-0.1, -0.05) is 0 Å². The van der Waals surface area contributed by atoms with Crippen LogP contribution in [-0.4, -0.2) is 25.7 Å². The number of aromatic nitrogens is 2. The Morgan fingerprint density at radius 3 is 2.52 bits per heavy atom. The highest BCUT2D eigenvalue weighted by molar-refractivity contribution is 7.94. The predicted molar refractivity (Wildman–Crippen MR) is 90.4 cm³/mol. The first-order valence-corrected chi connectivity index (χ1v) is 9.07. The van der Waals surface area contributed by atoms with Crippen LogP contribution >= 0.6 is 11.3 Å². The fourth-order valence-electron chi connectivity index (χ4n) is 2.01. The number of aromatic amines is 1. The Balaban J connectivity index is 1.83. The molecule has 0 saturated heterocycles. The third-order valence-electron chi connectivity index (χ3n) is 3.15. The van der Waals surface area contributed by atoms with Crippen molar-refractivity contribution in [1.29, 1.82) is 0 Å². The number of methoxy groups -OCH3 is 1. The van der Waals surface area contributed by atoms with Crippen LogP contribution in [0.25, 0.3) is 10.6 Å². The molecule has 0 aliphatic heterocycles. The van der Waals surface area contributed by atoms with Gasteiger partial charge < -0.3 is 4.74 Å². The molecule has 0 unspecified atom stereocenters. The zero-order chi connectivity index (χ0) is 16.4. The number of thiophene rings is 1. The smallest absolute Gasteiger partial charge is 0.271 e. The largest absolute Gasteiger partial charge is 0.497 e. The average Bonchev–Trinajstić information content (AvgIpc) is 3.16. The molecule has 0 aliphatic carbocycles. The molecule has 3 rings (SSSR count). The van der Waals surface area contributed by atoms with Gasteiger partial charge in [-0.25, -0.2) is 8.42 Å². The average molecular weight is 349 g/mol. The molecule has 2 N–H and O–H groups in total. The van der Waals surface area contributed by atoms with Crippen LogP contribution in [0, 0.1) is 6.92 Å². The molecule has 0 aliphatic rings. The highest BCUT2D eigenvalue weighted by atomic mass is 32.2. The molecule has 0 radical (unpaired) electrons. The van der Waals surface area contributed by atoms with Crippen molar-refractivity contribution in [2.75, 3.05) is 11.8 Å². The summed E-state index contributed by atoms with van der Waals surface area (Å²) in [5.74, 6) is 0.667. The van der Waals surface area contributed by atoms with Crippen LogP contribution in [0.15, 0.2) is 46.7 Å². The molecule has 0 saturated carbocycles. The summed E-state index contributed by atoms with van der Waals surface area (Å²) < 4.78 is 32.7. The van der Waals surface area contributed by atoms with Gasteiger partial charge in [0.2, 0.25) is 0 Å². The van der Waals surface area contributed by atoms with Crippen LogP contribution in [-0.2, 0) is 10.0 Å². The van der Waals surface area contributed by atoms with E-state index in [1.165, 1.54) is 11.3 Å². The number of hydrogen-bond acceptors (Lipinski definition) is 5. The normalized spacial score (nSPS) is 11.4. The zero-order valence-corrected chi connectivity index (χ0v) is 14.2. The molecular weight excluding hydrogens is 334 g/mol. The molecular formula is C15H15N3O3S2. The lowest BCUT2D eigenvalue weighted by Gasteiger charge is -2.06. The van der Waals surface area contributed by atoms with Gasteiger partial charge in [-0.3, -0.25) is 9.82 Å². The summed E-state index contributed by atoms with van der Waals surface area (Å²) in [5, 5.41) is 6.99. The van der Waals surface area contributed by atoms with Gasteiger partial charge >= 0.3 is 0 Å². The summed E-state index contributed by atoms with van der Waals surface area (Å²) in [5.41, 5.74) is 2.14. The summed E-state index contributed by atoms with van der Waals surface area (Å²) >= 11 is 1.18. The fourth-order valence-corrected chi connectivity index (χ4v) is 4.34. The van der Waals surface area contributed by atoms with E-state index in [0.29, 0.717) is 11.4 Å². The summed E-state index contributed by atoms with van der Waals surface area (Å²) in [6, 6.07) is 11.9. The Morgan fingerprint density at radius 1 is 1.17 bits per heavy atom. The number of hydrogen-bond donors (Lipinski definition) is 2. The number of nitrogens with zero attached hydrogens (tertiary/aromatic N) is 1. The maximum Gasteiger partial charge on any atom is 0.271 e. The minimum Gasteiger partial charge on any atom is -0.497 e. The molecule has 2 aromatic heterocycles. The first-order chi connectivity index (χ1) is 11.0. The Hall–Kier alpha value is -2.32. The van der Waals surface area contributed by atoms with E-state index in [-0.39, 0.29) is 4.21 Å². The van der Waals surface area contributed by atoms with Crippen molar-refractivity contribution >= 4 is 27.0 Å². The van der Waals surface area contributed by atoms with Crippen molar-refractivity contribution in [3.8, 4) is 16.3 Å². The third kappa shape index (κ3) is 3.38. The van der Waals surface area contributed by atoms with Crippen molar-refractivity contribution in [2.45, 2.75) is 11.1 Å². The molecule has 0 spiro atoms. The van der Waals surface area contributed by atoms with Gasteiger partial charge in [0.1, 0.15) is 15.7 Å². The molecule has 3 aromatic rings. The van der Waals surface area contributed by atoms with Crippen molar-refractivity contribution in [3.05, 3.63) is 48.2 Å². The maximum absolute atomic E-state index is 12.4. The predicted octanol–water partition coefficient (Wildman–Crippen LogP) is 3.26. The van der Waals surface area contributed by atoms with Gasteiger partial charge in [-0.2, -0.15) is 5.10 Å². The van der Waals surface area contributed by atoms with Crippen molar-refractivity contribution in [1.82, 2.24) is 10.2 Å². The highest BCUT2D eigenvalue weighted by Gasteiger charge is 2.18. The van der Waals surface area contributed by atoms with Crippen molar-refractivity contribution < 1.29 is 13.2 Å². The van der Waals surface area contributed by atoms with E-state index in [9.17, 15) is 8.42 Å². The lowest BCUT2D eigenvalue weighted by molar-refractivity contribution is 0.415. The van der Waals surface area contributed by atoms with E-state index < -0.39 is 10.0 Å². The molecule has 2 heterocycles. The minimum absolute atomic E-state index is 0.240. The Kier molecular flexibility index (Phi) is 4.10. The number of H-pyrrole nitrogens is 1. The summed E-state index contributed by atoms with van der Waals surface area (Å²) in [6.45, 7) is 1.90. The number of sulfonamides is 1. The molecule has 23 heavy (non-hydrogen) atoms. The van der Waals surface area contributed by atoms with E-state index in [0.717, 1.165) is 16.3 Å². The van der Waals surface area contributed by atoms with Crippen LogP contribution in [0.3, 0.4) is 0 Å². The topological polar surface area (TPSA) is 84.1 Å². The van der Waals surface area contributed by atoms with E-state index >= 15 is 0 Å². The minimum atomic E-state index is -3.62. The van der Waals surface area contributed by atoms with Crippen LogP contribution in [0.2, 0.25) is 0 Å². The quantitative estimate of drug-likeness (QED) is 0.740. The molecule has 6 nitrogen and oxygen atoms in total. The van der Waals surface area contributed by atoms with E-state index in [4.69, 9.17) is 4.74 Å². The van der Waals surface area contributed by atoms with Crippen LogP contribution < -0.4 is 9.46 Å². The summed E-state index contributed by atoms with van der Waals surface area (Å²) in [6.07, 6.45) is 0. The first-order valence-electron chi connectivity index (χ1n) is 6.77. The maximum atomic E-state index is 12.4. The molecule has 1 aromatic carbocycles. The van der Waals surface area contributed by atoms with Crippen molar-refractivity contribution in [3.63, 3.8) is 0 Å². The summed E-state index contributed by atoms with van der Waals surface area (Å²) in [4.78, 5) is 0.796. The summed E-state index contributed by atoms with van der Waals surface area (Å²) in [7, 11) is -2.06. The second-order valence-electron chi connectivity index (χ2n) is 4.89. The lowest BCUT2D eigenvalue weighted by atomic mass is 10.3. The van der Waals surface area contributed by atoms with E-state index in [2.05, 4.69) is 14.9 Å². The van der Waals surface area contributed by atoms with Crippen LogP contribution in [0.4, 0.5) is 5.69 Å². The van der Waals surface area contributed by atoms with E-state index in [1.54, 1.807) is 43.5 Å². The van der Waals surface area contributed by atoms with Gasteiger partial charge in [0.15, 0.2) is 0 Å². The van der Waals surface area contributed by atoms with Gasteiger partial charge in [0, 0.05) is 11.4 Å². The zero-order valence-electron chi connectivity index (χ0n) is 12.5. The molecule has 0 fully saturated rings. The highest BCUT2D eigenvalue weighted by Crippen LogP contribution is 2.31. The van der Waals surface area contributed by atoms with Crippen molar-refractivity contribution in [2.24, 2.45) is 0 Å². The number of benzene rings is 1. The molecule has 0 atom stereocenters. The second-order valence-corrected chi connectivity index (χ2v) is 7.88. The Bertz CT molecular complexity index is 912. The molecule has 120 valence electrons. The lowest BCUT2D eigenvalue weighted by Crippen LogP contribution is -2.11. The number of ether oxygens (including phenoxy) is 1. The van der Waals surface area contributed by atoms with Gasteiger partial charge in [-0.05, 0) is 49.4 Å². The second kappa shape index (κ2) is 6.05. The number of rotatable bonds is 5. The number of anilines is 1. The Labute approximate surface area is 138 Å². The monoisotopic (exact) mass is 349 g/mol. The fraction of sp³-hybridized carbons (Fsp3) is 0.133. The first kappa shape index (κ1) is 15.6. The Morgan fingerprint density at radius 2 is 1.91 bits per heavy atom. The van der Waals surface area contributed by atoms with E-state index in [1.807, 2.05) is 13.0 Å². The standard InChI is InChI=1S/C15H15N3O3S2/c1-10-9-13(17-16-10)14-7-8-15(22-14)23(19,20)18-11-3-5-12(21-2)6-4-11/h3-9,18H,1-2H3,(H,16,17). The molecule has 0 bridgehead atoms. The van der Waals surface area contributed by atoms with Crippen LogP contribution in [0.5, 0.6) is 5.75 Å². The number of nitrogens with one attached hydrogen (secondary N) is 2. The number of aryl methyl sites for hydroxylation is 1. The van der Waals surface area contributed by atoms with Gasteiger partial charge in [0.25, 0.3) is 10.0 Å². The van der Waals surface area contributed by atoms with Crippen LogP contribution in [0.1, 0.15) is 5.69 Å².